The fourth-order valence-electron chi connectivity index (χ4n) is 1.18. The molecule has 2 nitrogen and oxygen atoms in total. The van der Waals surface area contributed by atoms with E-state index in [4.69, 9.17) is 0 Å². The van der Waals surface area contributed by atoms with E-state index in [9.17, 15) is 17.6 Å². The lowest BCUT2D eigenvalue weighted by atomic mass is 10.3. The van der Waals surface area contributed by atoms with E-state index in [0.29, 0.717) is 6.54 Å². The van der Waals surface area contributed by atoms with Crippen LogP contribution >= 0.6 is 0 Å². The van der Waals surface area contributed by atoms with Gasteiger partial charge in [-0.15, -0.1) is 0 Å². The summed E-state index contributed by atoms with van der Waals surface area (Å²) < 4.78 is 48.5. The van der Waals surface area contributed by atoms with Gasteiger partial charge in [-0.25, -0.2) is 8.78 Å². The van der Waals surface area contributed by atoms with Crippen molar-refractivity contribution in [3.63, 3.8) is 0 Å². The summed E-state index contributed by atoms with van der Waals surface area (Å²) in [6.45, 7) is -0.429. The second-order valence-corrected chi connectivity index (χ2v) is 3.53. The van der Waals surface area contributed by atoms with Crippen LogP contribution in [0.5, 0.6) is 0 Å². The van der Waals surface area contributed by atoms with E-state index in [1.54, 1.807) is 0 Å². The molecule has 0 aliphatic rings. The Kier molecular flexibility index (Phi) is 5.21. The zero-order valence-electron chi connectivity index (χ0n) is 9.10. The third-order valence-electron chi connectivity index (χ3n) is 2.08. The maximum Gasteiger partial charge on any atom is 0.319 e. The van der Waals surface area contributed by atoms with Crippen molar-refractivity contribution in [2.24, 2.45) is 0 Å². The molecule has 0 heterocycles. The molecule has 17 heavy (non-hydrogen) atoms. The molecular weight excluding hydrogens is 236 g/mol. The third kappa shape index (κ3) is 5.04. The largest absolute Gasteiger partial charge is 0.384 e. The highest BCUT2D eigenvalue weighted by atomic mass is 19.3. The summed E-state index contributed by atoms with van der Waals surface area (Å²) in [4.78, 5) is 0. The Labute approximate surface area is 97.0 Å². The quantitative estimate of drug-likeness (QED) is 0.574. The summed E-state index contributed by atoms with van der Waals surface area (Å²) in [5.74, 6) is -3.97. The van der Waals surface area contributed by atoms with Crippen molar-refractivity contribution in [1.82, 2.24) is 5.32 Å². The molecular formula is C11H14F4N2. The first-order valence-corrected chi connectivity index (χ1v) is 5.18. The molecule has 1 rings (SSSR count). The zero-order chi connectivity index (χ0) is 12.7. The van der Waals surface area contributed by atoms with Crippen molar-refractivity contribution in [2.45, 2.75) is 12.3 Å². The van der Waals surface area contributed by atoms with Crippen molar-refractivity contribution in [1.29, 1.82) is 0 Å². The monoisotopic (exact) mass is 250 g/mol. The first kappa shape index (κ1) is 13.8. The first-order chi connectivity index (χ1) is 8.02. The zero-order valence-corrected chi connectivity index (χ0v) is 9.10. The number of para-hydroxylation sites is 1. The Morgan fingerprint density at radius 1 is 1.06 bits per heavy atom. The molecule has 0 atom stereocenters. The molecule has 0 saturated carbocycles. The summed E-state index contributed by atoms with van der Waals surface area (Å²) in [6, 6.07) is 9.18. The molecule has 0 saturated heterocycles. The van der Waals surface area contributed by atoms with Crippen LogP contribution in [0.3, 0.4) is 0 Å². The molecule has 0 amide bonds. The van der Waals surface area contributed by atoms with Crippen LogP contribution in [0.2, 0.25) is 0 Å². The predicted molar refractivity (Wildman–Crippen MR) is 58.8 cm³/mol. The summed E-state index contributed by atoms with van der Waals surface area (Å²) in [7, 11) is 0. The van der Waals surface area contributed by atoms with Crippen LogP contribution in [0.4, 0.5) is 23.2 Å². The van der Waals surface area contributed by atoms with Gasteiger partial charge in [0, 0.05) is 18.8 Å². The van der Waals surface area contributed by atoms with Crippen LogP contribution in [0.1, 0.15) is 0 Å². The number of benzene rings is 1. The minimum atomic E-state index is -3.97. The average molecular weight is 250 g/mol. The molecule has 96 valence electrons. The number of rotatable bonds is 7. The van der Waals surface area contributed by atoms with Crippen LogP contribution in [0.25, 0.3) is 0 Å². The van der Waals surface area contributed by atoms with Crippen molar-refractivity contribution in [3.05, 3.63) is 30.3 Å². The smallest absolute Gasteiger partial charge is 0.319 e. The number of nitrogens with one attached hydrogen (secondary N) is 2. The van der Waals surface area contributed by atoms with Crippen LogP contribution in [0, 0.1) is 0 Å². The van der Waals surface area contributed by atoms with Gasteiger partial charge in [0.05, 0.1) is 6.54 Å². The normalized spacial score (nSPS) is 11.8. The summed E-state index contributed by atoms with van der Waals surface area (Å²) in [5, 5.41) is 5.25. The average Bonchev–Trinajstić information content (AvgIpc) is 2.29. The van der Waals surface area contributed by atoms with Gasteiger partial charge < -0.3 is 10.6 Å². The minimum absolute atomic E-state index is 0.192. The van der Waals surface area contributed by atoms with E-state index in [1.807, 2.05) is 30.3 Å². The second kappa shape index (κ2) is 6.44. The Morgan fingerprint density at radius 2 is 1.71 bits per heavy atom. The molecule has 0 aliphatic heterocycles. The van der Waals surface area contributed by atoms with Crippen molar-refractivity contribution in [2.75, 3.05) is 25.0 Å². The van der Waals surface area contributed by atoms with Gasteiger partial charge in [-0.1, -0.05) is 18.2 Å². The molecule has 0 unspecified atom stereocenters. The fraction of sp³-hybridized carbons (Fsp3) is 0.455. The maximum absolute atomic E-state index is 12.5. The molecule has 0 fully saturated rings. The van der Waals surface area contributed by atoms with Gasteiger partial charge in [0.15, 0.2) is 0 Å². The van der Waals surface area contributed by atoms with E-state index < -0.39 is 18.9 Å². The summed E-state index contributed by atoms with van der Waals surface area (Å²) >= 11 is 0. The van der Waals surface area contributed by atoms with E-state index in [1.165, 1.54) is 0 Å². The van der Waals surface area contributed by atoms with Crippen molar-refractivity contribution >= 4 is 5.69 Å². The van der Waals surface area contributed by atoms with E-state index in [0.717, 1.165) is 5.69 Å². The Bertz CT molecular complexity index is 317. The number of anilines is 1. The summed E-state index contributed by atoms with van der Waals surface area (Å²) in [5.41, 5.74) is 0.856. The van der Waals surface area contributed by atoms with Crippen LogP contribution in [-0.2, 0) is 0 Å². The molecule has 0 bridgehead atoms. The number of hydrogen-bond donors (Lipinski definition) is 2. The lowest BCUT2D eigenvalue weighted by molar-refractivity contribution is -0.124. The SMILES string of the molecule is FC(F)C(F)(F)CNCCNc1ccccc1. The van der Waals surface area contributed by atoms with Gasteiger partial charge in [0.1, 0.15) is 0 Å². The minimum Gasteiger partial charge on any atom is -0.384 e. The molecule has 6 heteroatoms. The molecule has 0 spiro atoms. The highest BCUT2D eigenvalue weighted by molar-refractivity contribution is 5.42. The van der Waals surface area contributed by atoms with E-state index in [2.05, 4.69) is 10.6 Å². The predicted octanol–water partition coefficient (Wildman–Crippen LogP) is 2.59. The molecule has 2 N–H and O–H groups in total. The van der Waals surface area contributed by atoms with Gasteiger partial charge in [0.2, 0.25) is 0 Å². The highest BCUT2D eigenvalue weighted by Crippen LogP contribution is 2.21. The third-order valence-corrected chi connectivity index (χ3v) is 2.08. The molecule has 1 aromatic carbocycles. The maximum atomic E-state index is 12.5. The lowest BCUT2D eigenvalue weighted by Gasteiger charge is -2.16. The molecule has 0 aliphatic carbocycles. The van der Waals surface area contributed by atoms with Crippen LogP contribution in [-0.4, -0.2) is 32.0 Å². The Hall–Kier alpha value is -1.30. The fourth-order valence-corrected chi connectivity index (χ4v) is 1.18. The van der Waals surface area contributed by atoms with Gasteiger partial charge in [0.25, 0.3) is 0 Å². The highest BCUT2D eigenvalue weighted by Gasteiger charge is 2.39. The molecule has 1 aromatic rings. The first-order valence-electron chi connectivity index (χ1n) is 5.18. The van der Waals surface area contributed by atoms with Gasteiger partial charge in [-0.2, -0.15) is 8.78 Å². The summed E-state index contributed by atoms with van der Waals surface area (Å²) in [6.07, 6.45) is -3.63. The lowest BCUT2D eigenvalue weighted by Crippen LogP contribution is -2.40. The topological polar surface area (TPSA) is 24.1 Å². The standard InChI is InChI=1S/C11H14F4N2/c12-10(13)11(14,15)8-16-6-7-17-9-4-2-1-3-5-9/h1-5,10,16-17H,6-8H2. The van der Waals surface area contributed by atoms with Gasteiger partial charge in [-0.05, 0) is 12.1 Å². The number of alkyl halides is 4. The van der Waals surface area contributed by atoms with Crippen LogP contribution < -0.4 is 10.6 Å². The van der Waals surface area contributed by atoms with E-state index in [-0.39, 0.29) is 6.54 Å². The Balaban J connectivity index is 2.13. The molecule has 0 aromatic heterocycles. The van der Waals surface area contributed by atoms with Gasteiger partial charge >= 0.3 is 12.3 Å². The van der Waals surface area contributed by atoms with Crippen molar-refractivity contribution < 1.29 is 17.6 Å². The van der Waals surface area contributed by atoms with E-state index >= 15 is 0 Å². The molecule has 0 radical (unpaired) electrons. The second-order valence-electron chi connectivity index (χ2n) is 3.53. The van der Waals surface area contributed by atoms with Crippen molar-refractivity contribution in [3.8, 4) is 0 Å². The van der Waals surface area contributed by atoms with Gasteiger partial charge in [-0.3, -0.25) is 0 Å². The number of halogens is 4. The number of hydrogen-bond acceptors (Lipinski definition) is 2. The Morgan fingerprint density at radius 3 is 2.29 bits per heavy atom. The van der Waals surface area contributed by atoms with Crippen LogP contribution in [0.15, 0.2) is 30.3 Å².